The first kappa shape index (κ1) is 19.5. The SMILES string of the molecule is Cc1nc(C)c(CC(=O)N2CCCC(CNS(=O)(=O)c3cccs3)C2)s1. The molecule has 1 atom stereocenters. The molecule has 1 aliphatic heterocycles. The number of amides is 1. The monoisotopic (exact) mass is 413 g/mol. The fourth-order valence-electron chi connectivity index (χ4n) is 3.16. The molecule has 1 N–H and O–H groups in total. The van der Waals surface area contributed by atoms with Gasteiger partial charge in [0, 0.05) is 24.5 Å². The Morgan fingerprint density at radius 3 is 2.88 bits per heavy atom. The second-order valence-corrected chi connectivity index (χ2v) is 10.8. The van der Waals surface area contributed by atoms with E-state index in [2.05, 4.69) is 9.71 Å². The van der Waals surface area contributed by atoms with Gasteiger partial charge in [0.1, 0.15) is 4.21 Å². The van der Waals surface area contributed by atoms with Crippen molar-refractivity contribution in [1.82, 2.24) is 14.6 Å². The van der Waals surface area contributed by atoms with Crippen molar-refractivity contribution in [2.45, 2.75) is 37.3 Å². The van der Waals surface area contributed by atoms with Gasteiger partial charge < -0.3 is 4.90 Å². The summed E-state index contributed by atoms with van der Waals surface area (Å²) in [4.78, 5) is 19.9. The van der Waals surface area contributed by atoms with Crippen LogP contribution in [0.1, 0.15) is 28.4 Å². The second-order valence-electron chi connectivity index (χ2n) is 6.55. The lowest BCUT2D eigenvalue weighted by molar-refractivity contribution is -0.132. The molecule has 0 saturated carbocycles. The van der Waals surface area contributed by atoms with Gasteiger partial charge in [-0.3, -0.25) is 4.79 Å². The summed E-state index contributed by atoms with van der Waals surface area (Å²) in [6.45, 7) is 5.59. The number of carbonyl (C=O) groups excluding carboxylic acids is 1. The van der Waals surface area contributed by atoms with E-state index in [1.807, 2.05) is 18.7 Å². The Kier molecular flexibility index (Phi) is 6.11. The van der Waals surface area contributed by atoms with Crippen molar-refractivity contribution in [3.05, 3.63) is 33.1 Å². The van der Waals surface area contributed by atoms with Crippen molar-refractivity contribution in [3.63, 3.8) is 0 Å². The minimum atomic E-state index is -3.45. The van der Waals surface area contributed by atoms with E-state index in [4.69, 9.17) is 0 Å². The van der Waals surface area contributed by atoms with E-state index < -0.39 is 10.0 Å². The molecule has 1 amide bonds. The average molecular weight is 414 g/mol. The number of hydrogen-bond donors (Lipinski definition) is 1. The average Bonchev–Trinajstić information content (AvgIpc) is 3.24. The number of piperidine rings is 1. The Hall–Kier alpha value is -1.29. The highest BCUT2D eigenvalue weighted by Gasteiger charge is 2.26. The van der Waals surface area contributed by atoms with E-state index in [0.29, 0.717) is 23.7 Å². The smallest absolute Gasteiger partial charge is 0.250 e. The van der Waals surface area contributed by atoms with Gasteiger partial charge in [-0.15, -0.1) is 22.7 Å². The van der Waals surface area contributed by atoms with Crippen LogP contribution in [0.3, 0.4) is 0 Å². The quantitative estimate of drug-likeness (QED) is 0.789. The highest BCUT2D eigenvalue weighted by Crippen LogP contribution is 2.22. The molecule has 0 aliphatic carbocycles. The molecule has 142 valence electrons. The molecule has 0 bridgehead atoms. The maximum absolute atomic E-state index is 12.6. The topological polar surface area (TPSA) is 79.4 Å². The zero-order chi connectivity index (χ0) is 18.7. The van der Waals surface area contributed by atoms with Crippen LogP contribution in [0.15, 0.2) is 21.7 Å². The molecule has 0 aromatic carbocycles. The maximum atomic E-state index is 12.6. The predicted octanol–water partition coefficient (Wildman–Crippen LogP) is 2.58. The first-order valence-corrected chi connectivity index (χ1v) is 11.8. The summed E-state index contributed by atoms with van der Waals surface area (Å²) in [5.41, 5.74) is 0.929. The molecular weight excluding hydrogens is 390 g/mol. The van der Waals surface area contributed by atoms with Crippen LogP contribution < -0.4 is 4.72 Å². The summed E-state index contributed by atoms with van der Waals surface area (Å²) in [5, 5.41) is 2.73. The molecule has 0 radical (unpaired) electrons. The Morgan fingerprint density at radius 2 is 2.23 bits per heavy atom. The lowest BCUT2D eigenvalue weighted by Crippen LogP contribution is -2.44. The van der Waals surface area contributed by atoms with Crippen LogP contribution in [0.4, 0.5) is 0 Å². The van der Waals surface area contributed by atoms with Crippen molar-refractivity contribution in [2.75, 3.05) is 19.6 Å². The van der Waals surface area contributed by atoms with Gasteiger partial charge in [-0.1, -0.05) is 6.07 Å². The maximum Gasteiger partial charge on any atom is 0.250 e. The van der Waals surface area contributed by atoms with Crippen LogP contribution in [0, 0.1) is 19.8 Å². The molecule has 1 aliphatic rings. The highest BCUT2D eigenvalue weighted by molar-refractivity contribution is 7.91. The molecule has 2 aromatic rings. The number of aryl methyl sites for hydroxylation is 2. The number of aromatic nitrogens is 1. The van der Waals surface area contributed by atoms with Crippen LogP contribution in [0.25, 0.3) is 0 Å². The van der Waals surface area contributed by atoms with E-state index in [-0.39, 0.29) is 11.8 Å². The van der Waals surface area contributed by atoms with E-state index >= 15 is 0 Å². The van der Waals surface area contributed by atoms with Crippen molar-refractivity contribution in [2.24, 2.45) is 5.92 Å². The van der Waals surface area contributed by atoms with Crippen LogP contribution >= 0.6 is 22.7 Å². The molecule has 1 fully saturated rings. The molecule has 3 heterocycles. The van der Waals surface area contributed by atoms with Crippen molar-refractivity contribution in [3.8, 4) is 0 Å². The Labute approximate surface area is 162 Å². The Bertz CT molecular complexity index is 859. The summed E-state index contributed by atoms with van der Waals surface area (Å²) in [5.74, 6) is 0.245. The van der Waals surface area contributed by atoms with Gasteiger partial charge in [0.25, 0.3) is 0 Å². The predicted molar refractivity (Wildman–Crippen MR) is 104 cm³/mol. The Balaban J connectivity index is 1.55. The summed E-state index contributed by atoms with van der Waals surface area (Å²) < 4.78 is 27.5. The molecule has 2 aromatic heterocycles. The number of rotatable bonds is 6. The van der Waals surface area contributed by atoms with Crippen molar-refractivity contribution < 1.29 is 13.2 Å². The summed E-state index contributed by atoms with van der Waals surface area (Å²) >= 11 is 2.78. The van der Waals surface area contributed by atoms with Gasteiger partial charge in [-0.05, 0) is 44.1 Å². The number of hydrogen-bond acceptors (Lipinski definition) is 6. The minimum absolute atomic E-state index is 0.0996. The van der Waals surface area contributed by atoms with Gasteiger partial charge in [-0.2, -0.15) is 0 Å². The lowest BCUT2D eigenvalue weighted by Gasteiger charge is -2.32. The van der Waals surface area contributed by atoms with E-state index in [1.165, 1.54) is 11.3 Å². The number of thiazole rings is 1. The molecule has 26 heavy (non-hydrogen) atoms. The fourth-order valence-corrected chi connectivity index (χ4v) is 6.24. The number of sulfonamides is 1. The standard InChI is InChI=1S/C17H23N3O3S3/c1-12-15(25-13(2)19-12)9-16(21)20-7-3-5-14(11-20)10-18-26(22,23)17-6-4-8-24-17/h4,6,8,14,18H,3,5,7,9-11H2,1-2H3. The number of carbonyl (C=O) groups is 1. The number of thiophene rings is 1. The fraction of sp³-hybridized carbons (Fsp3) is 0.529. The normalized spacial score (nSPS) is 18.2. The zero-order valence-corrected chi connectivity index (χ0v) is 17.3. The van der Waals surface area contributed by atoms with Gasteiger partial charge in [0.15, 0.2) is 0 Å². The number of likely N-dealkylation sites (tertiary alicyclic amines) is 1. The lowest BCUT2D eigenvalue weighted by atomic mass is 9.98. The third kappa shape index (κ3) is 4.70. The van der Waals surface area contributed by atoms with Crippen molar-refractivity contribution in [1.29, 1.82) is 0 Å². The molecule has 6 nitrogen and oxygen atoms in total. The van der Waals surface area contributed by atoms with E-state index in [9.17, 15) is 13.2 Å². The molecule has 9 heteroatoms. The zero-order valence-electron chi connectivity index (χ0n) is 14.9. The third-order valence-corrected chi connectivity index (χ3v) is 8.40. The first-order valence-electron chi connectivity index (χ1n) is 8.59. The van der Waals surface area contributed by atoms with Gasteiger partial charge >= 0.3 is 0 Å². The van der Waals surface area contributed by atoms with Crippen molar-refractivity contribution >= 4 is 38.6 Å². The van der Waals surface area contributed by atoms with Gasteiger partial charge in [-0.25, -0.2) is 18.1 Å². The summed E-state index contributed by atoms with van der Waals surface area (Å²) in [7, 11) is -3.45. The number of nitrogens with one attached hydrogen (secondary N) is 1. The molecular formula is C17H23N3O3S3. The summed E-state index contributed by atoms with van der Waals surface area (Å²) in [6.07, 6.45) is 2.21. The van der Waals surface area contributed by atoms with Crippen LogP contribution in [-0.4, -0.2) is 43.8 Å². The Morgan fingerprint density at radius 1 is 1.42 bits per heavy atom. The van der Waals surface area contributed by atoms with E-state index in [0.717, 1.165) is 35.0 Å². The number of nitrogens with zero attached hydrogens (tertiary/aromatic N) is 2. The van der Waals surface area contributed by atoms with Gasteiger partial charge in [0.05, 0.1) is 17.1 Å². The molecule has 3 rings (SSSR count). The van der Waals surface area contributed by atoms with Gasteiger partial charge in [0.2, 0.25) is 15.9 Å². The molecule has 1 unspecified atom stereocenters. The third-order valence-electron chi connectivity index (χ3n) is 4.51. The second kappa shape index (κ2) is 8.16. The van der Waals surface area contributed by atoms with Crippen LogP contribution in [0.2, 0.25) is 0 Å². The molecule has 1 saturated heterocycles. The highest BCUT2D eigenvalue weighted by atomic mass is 32.2. The summed E-state index contributed by atoms with van der Waals surface area (Å²) in [6, 6.07) is 3.33. The van der Waals surface area contributed by atoms with Crippen LogP contribution in [0.5, 0.6) is 0 Å². The van der Waals surface area contributed by atoms with E-state index in [1.54, 1.807) is 28.8 Å². The van der Waals surface area contributed by atoms with Crippen LogP contribution in [-0.2, 0) is 21.2 Å². The first-order chi connectivity index (χ1) is 12.3. The minimum Gasteiger partial charge on any atom is -0.342 e. The largest absolute Gasteiger partial charge is 0.342 e. The molecule has 0 spiro atoms.